The molecule has 11 heavy (non-hydrogen) atoms. The fraction of sp³-hybridized carbons (Fsp3) is 0.857. The van der Waals surface area contributed by atoms with E-state index in [1.165, 1.54) is 0 Å². The molecule has 4 heteroatoms. The van der Waals surface area contributed by atoms with Gasteiger partial charge in [-0.15, -0.1) is 0 Å². The fourth-order valence-corrected chi connectivity index (χ4v) is 0.624. The summed E-state index contributed by atoms with van der Waals surface area (Å²) in [6.07, 6.45) is 0.215. The van der Waals surface area contributed by atoms with Crippen LogP contribution in [0.4, 0.5) is 4.79 Å². The number of hydrogen-bond donors (Lipinski definition) is 0. The van der Waals surface area contributed by atoms with Crippen LogP contribution in [0.3, 0.4) is 0 Å². The standard InChI is InChI=1S/C7H13IO3/c1-3-6(2)11-7(9)10-5-4-8/h6H,3-5H2,1-2H3. The maximum Gasteiger partial charge on any atom is 0.508 e. The van der Waals surface area contributed by atoms with Crippen molar-refractivity contribution in [2.75, 3.05) is 11.0 Å². The maximum atomic E-state index is 10.7. The van der Waals surface area contributed by atoms with Gasteiger partial charge in [-0.25, -0.2) is 4.79 Å². The van der Waals surface area contributed by atoms with Crippen LogP contribution in [0.5, 0.6) is 0 Å². The van der Waals surface area contributed by atoms with Gasteiger partial charge in [-0.3, -0.25) is 0 Å². The van der Waals surface area contributed by atoms with Gasteiger partial charge in [-0.1, -0.05) is 29.5 Å². The van der Waals surface area contributed by atoms with Crippen molar-refractivity contribution in [3.05, 3.63) is 0 Å². The van der Waals surface area contributed by atoms with Gasteiger partial charge in [-0.2, -0.15) is 0 Å². The molecule has 0 N–H and O–H groups in total. The number of rotatable bonds is 4. The lowest BCUT2D eigenvalue weighted by atomic mass is 10.3. The second kappa shape index (κ2) is 6.69. The average molecular weight is 272 g/mol. The predicted octanol–water partition coefficient (Wildman–Crippen LogP) is 2.37. The van der Waals surface area contributed by atoms with Gasteiger partial charge in [0.15, 0.2) is 0 Å². The highest BCUT2D eigenvalue weighted by Crippen LogP contribution is 1.98. The van der Waals surface area contributed by atoms with Crippen molar-refractivity contribution in [2.24, 2.45) is 0 Å². The summed E-state index contributed by atoms with van der Waals surface area (Å²) < 4.78 is 10.3. The van der Waals surface area contributed by atoms with E-state index in [9.17, 15) is 4.79 Å². The monoisotopic (exact) mass is 272 g/mol. The van der Waals surface area contributed by atoms with Crippen LogP contribution in [0.2, 0.25) is 0 Å². The molecule has 0 saturated carbocycles. The lowest BCUT2D eigenvalue weighted by Gasteiger charge is -2.09. The largest absolute Gasteiger partial charge is 0.508 e. The molecule has 1 unspecified atom stereocenters. The predicted molar refractivity (Wildman–Crippen MR) is 51.1 cm³/mol. The SMILES string of the molecule is CCC(C)OC(=O)OCCI. The Bertz CT molecular complexity index is 116. The lowest BCUT2D eigenvalue weighted by Crippen LogP contribution is -2.15. The van der Waals surface area contributed by atoms with Crippen molar-refractivity contribution < 1.29 is 14.3 Å². The number of carbonyl (C=O) groups excluding carboxylic acids is 1. The fourth-order valence-electron chi connectivity index (χ4n) is 0.404. The molecule has 0 aromatic heterocycles. The van der Waals surface area contributed by atoms with E-state index < -0.39 is 6.16 Å². The normalized spacial score (nSPS) is 12.3. The molecule has 0 spiro atoms. The van der Waals surface area contributed by atoms with E-state index in [4.69, 9.17) is 9.47 Å². The topological polar surface area (TPSA) is 35.5 Å². The second-order valence-electron chi connectivity index (χ2n) is 2.12. The summed E-state index contributed by atoms with van der Waals surface area (Å²) >= 11 is 2.13. The molecule has 3 nitrogen and oxygen atoms in total. The molecule has 0 heterocycles. The minimum absolute atomic E-state index is 0.0447. The molecule has 0 rings (SSSR count). The van der Waals surface area contributed by atoms with Crippen LogP contribution in [0.15, 0.2) is 0 Å². The summed E-state index contributed by atoms with van der Waals surface area (Å²) in [5.74, 6) is 0. The van der Waals surface area contributed by atoms with Crippen LogP contribution < -0.4 is 0 Å². The van der Waals surface area contributed by atoms with Gasteiger partial charge in [-0.05, 0) is 13.3 Å². The molecule has 66 valence electrons. The molecule has 0 fully saturated rings. The van der Waals surface area contributed by atoms with E-state index in [0.29, 0.717) is 6.61 Å². The third kappa shape index (κ3) is 6.40. The highest BCUT2D eigenvalue weighted by Gasteiger charge is 2.07. The van der Waals surface area contributed by atoms with E-state index in [0.717, 1.165) is 10.8 Å². The van der Waals surface area contributed by atoms with Gasteiger partial charge in [0.25, 0.3) is 0 Å². The molecule has 0 aliphatic carbocycles. The minimum atomic E-state index is -0.559. The first-order chi connectivity index (χ1) is 5.20. The molecule has 0 saturated heterocycles. The molecule has 0 aliphatic rings. The maximum absolute atomic E-state index is 10.7. The van der Waals surface area contributed by atoms with Crippen LogP contribution >= 0.6 is 22.6 Å². The molecule has 0 radical (unpaired) electrons. The summed E-state index contributed by atoms with van der Waals surface area (Å²) in [6, 6.07) is 0. The van der Waals surface area contributed by atoms with Gasteiger partial charge < -0.3 is 9.47 Å². The van der Waals surface area contributed by atoms with Crippen LogP contribution in [0.25, 0.3) is 0 Å². The Morgan fingerprint density at radius 1 is 1.64 bits per heavy atom. The summed E-state index contributed by atoms with van der Waals surface area (Å²) in [6.45, 7) is 4.22. The Balaban J connectivity index is 3.36. The van der Waals surface area contributed by atoms with Crippen LogP contribution in [0.1, 0.15) is 20.3 Å². The molecule has 0 aliphatic heterocycles. The molecule has 0 aromatic rings. The van der Waals surface area contributed by atoms with Crippen LogP contribution in [-0.2, 0) is 9.47 Å². The zero-order chi connectivity index (χ0) is 8.69. The minimum Gasteiger partial charge on any atom is -0.433 e. The molecular weight excluding hydrogens is 259 g/mol. The van der Waals surface area contributed by atoms with Gasteiger partial charge in [0.2, 0.25) is 0 Å². The van der Waals surface area contributed by atoms with E-state index in [-0.39, 0.29) is 6.10 Å². The van der Waals surface area contributed by atoms with E-state index in [1.807, 2.05) is 13.8 Å². The van der Waals surface area contributed by atoms with Crippen molar-refractivity contribution in [2.45, 2.75) is 26.4 Å². The van der Waals surface area contributed by atoms with Crippen molar-refractivity contribution in [1.29, 1.82) is 0 Å². The first kappa shape index (κ1) is 11.0. The smallest absolute Gasteiger partial charge is 0.433 e. The Morgan fingerprint density at radius 3 is 2.73 bits per heavy atom. The van der Waals surface area contributed by atoms with Gasteiger partial charge >= 0.3 is 6.16 Å². The summed E-state index contributed by atoms with van der Waals surface area (Å²) in [7, 11) is 0. The first-order valence-corrected chi connectivity index (χ1v) is 5.12. The molecule has 1 atom stereocenters. The zero-order valence-electron chi connectivity index (χ0n) is 6.80. The van der Waals surface area contributed by atoms with Gasteiger partial charge in [0, 0.05) is 4.43 Å². The summed E-state index contributed by atoms with van der Waals surface area (Å²) in [5, 5.41) is 0. The van der Waals surface area contributed by atoms with Crippen molar-refractivity contribution >= 4 is 28.7 Å². The Hall–Kier alpha value is 0. The third-order valence-electron chi connectivity index (χ3n) is 1.17. The zero-order valence-corrected chi connectivity index (χ0v) is 8.96. The highest BCUT2D eigenvalue weighted by atomic mass is 127. The third-order valence-corrected chi connectivity index (χ3v) is 1.61. The Kier molecular flexibility index (Phi) is 6.69. The number of halogens is 1. The quantitative estimate of drug-likeness (QED) is 0.448. The lowest BCUT2D eigenvalue weighted by molar-refractivity contribution is 0.0321. The van der Waals surface area contributed by atoms with E-state index in [2.05, 4.69) is 22.6 Å². The highest BCUT2D eigenvalue weighted by molar-refractivity contribution is 14.1. The van der Waals surface area contributed by atoms with Gasteiger partial charge in [0.05, 0.1) is 0 Å². The number of ether oxygens (including phenoxy) is 2. The van der Waals surface area contributed by atoms with E-state index >= 15 is 0 Å². The number of hydrogen-bond acceptors (Lipinski definition) is 3. The van der Waals surface area contributed by atoms with Gasteiger partial charge in [0.1, 0.15) is 12.7 Å². The Labute approximate surface area is 80.6 Å². The van der Waals surface area contributed by atoms with E-state index in [1.54, 1.807) is 0 Å². The average Bonchev–Trinajstić information content (AvgIpc) is 2.00. The van der Waals surface area contributed by atoms with Crippen LogP contribution in [0, 0.1) is 0 Å². The Morgan fingerprint density at radius 2 is 2.27 bits per heavy atom. The second-order valence-corrected chi connectivity index (χ2v) is 3.20. The summed E-state index contributed by atoms with van der Waals surface area (Å²) in [5.41, 5.74) is 0. The van der Waals surface area contributed by atoms with Crippen molar-refractivity contribution in [3.63, 3.8) is 0 Å². The van der Waals surface area contributed by atoms with Crippen molar-refractivity contribution in [1.82, 2.24) is 0 Å². The number of carbonyl (C=O) groups is 1. The summed E-state index contributed by atoms with van der Waals surface area (Å²) in [4.78, 5) is 10.7. The van der Waals surface area contributed by atoms with Crippen LogP contribution in [-0.4, -0.2) is 23.3 Å². The first-order valence-electron chi connectivity index (χ1n) is 3.60. The molecule has 0 bridgehead atoms. The van der Waals surface area contributed by atoms with Crippen molar-refractivity contribution in [3.8, 4) is 0 Å². The molecular formula is C7H13IO3. The molecule has 0 amide bonds. The number of alkyl halides is 1. The molecule has 0 aromatic carbocycles.